The van der Waals surface area contributed by atoms with Crippen molar-refractivity contribution in [2.45, 2.75) is 6.42 Å². The molecule has 0 aliphatic carbocycles. The lowest BCUT2D eigenvalue weighted by Gasteiger charge is -2.23. The minimum Gasteiger partial charge on any atom is -0.481 e. The van der Waals surface area contributed by atoms with Gasteiger partial charge in [-0.3, -0.25) is 9.78 Å². The van der Waals surface area contributed by atoms with Crippen LogP contribution in [0.15, 0.2) is 49.2 Å². The molecule has 0 spiro atoms. The molecule has 0 saturated carbocycles. The minimum atomic E-state index is -0.803. The van der Waals surface area contributed by atoms with Crippen LogP contribution in [0.3, 0.4) is 0 Å². The third kappa shape index (κ3) is 3.10. The highest BCUT2D eigenvalue weighted by molar-refractivity contribution is 5.90. The van der Waals surface area contributed by atoms with E-state index in [9.17, 15) is 4.79 Å². The van der Waals surface area contributed by atoms with Gasteiger partial charge in [0, 0.05) is 24.7 Å². The number of carbonyl (C=O) groups is 1. The molecule has 1 aromatic carbocycles. The molecule has 0 unspecified atom stereocenters. The van der Waals surface area contributed by atoms with Crippen LogP contribution in [0.5, 0.6) is 0 Å². The number of benzene rings is 1. The van der Waals surface area contributed by atoms with Crippen LogP contribution in [0.1, 0.15) is 6.42 Å². The summed E-state index contributed by atoms with van der Waals surface area (Å²) in [5.41, 5.74) is 1.83. The zero-order valence-electron chi connectivity index (χ0n) is 10.6. The van der Waals surface area contributed by atoms with E-state index in [0.29, 0.717) is 13.1 Å². The Morgan fingerprint density at radius 1 is 1.37 bits per heavy atom. The molecule has 0 amide bonds. The standard InChI is InChI=1S/C15H16N2O2/c1-2-10-17(11-8-14(18)19)13-7-3-5-12-6-4-9-16-15(12)13/h2-7,9H,1,8,10-11H2,(H,18,19). The van der Waals surface area contributed by atoms with Gasteiger partial charge in [-0.15, -0.1) is 6.58 Å². The quantitative estimate of drug-likeness (QED) is 0.807. The summed E-state index contributed by atoms with van der Waals surface area (Å²) in [6.45, 7) is 4.77. The molecule has 19 heavy (non-hydrogen) atoms. The smallest absolute Gasteiger partial charge is 0.305 e. The molecule has 0 fully saturated rings. The molecule has 98 valence electrons. The molecule has 0 aliphatic rings. The normalized spacial score (nSPS) is 10.3. The van der Waals surface area contributed by atoms with Crippen molar-refractivity contribution in [1.82, 2.24) is 4.98 Å². The van der Waals surface area contributed by atoms with Crippen LogP contribution in [-0.2, 0) is 4.79 Å². The van der Waals surface area contributed by atoms with Crippen LogP contribution in [0.2, 0.25) is 0 Å². The molecule has 1 aromatic heterocycles. The fourth-order valence-corrected chi connectivity index (χ4v) is 2.04. The maximum atomic E-state index is 10.7. The second-order valence-corrected chi connectivity index (χ2v) is 4.23. The second-order valence-electron chi connectivity index (χ2n) is 4.23. The molecule has 0 aliphatic heterocycles. The van der Waals surface area contributed by atoms with E-state index in [0.717, 1.165) is 16.6 Å². The number of aliphatic carboxylic acids is 1. The average Bonchev–Trinajstić information content (AvgIpc) is 2.43. The lowest BCUT2D eigenvalue weighted by Crippen LogP contribution is -2.26. The number of carboxylic acids is 1. The van der Waals surface area contributed by atoms with E-state index in [1.807, 2.05) is 35.2 Å². The predicted molar refractivity (Wildman–Crippen MR) is 76.4 cm³/mol. The van der Waals surface area contributed by atoms with Crippen molar-refractivity contribution in [1.29, 1.82) is 0 Å². The lowest BCUT2D eigenvalue weighted by atomic mass is 10.1. The van der Waals surface area contributed by atoms with Crippen LogP contribution in [0, 0.1) is 0 Å². The maximum absolute atomic E-state index is 10.7. The number of nitrogens with zero attached hydrogens (tertiary/aromatic N) is 2. The van der Waals surface area contributed by atoms with E-state index in [-0.39, 0.29) is 6.42 Å². The van der Waals surface area contributed by atoms with Gasteiger partial charge in [0.1, 0.15) is 0 Å². The Labute approximate surface area is 112 Å². The molecule has 0 atom stereocenters. The first-order valence-corrected chi connectivity index (χ1v) is 6.14. The van der Waals surface area contributed by atoms with Crippen molar-refractivity contribution in [3.63, 3.8) is 0 Å². The summed E-state index contributed by atoms with van der Waals surface area (Å²) in [5, 5.41) is 9.87. The minimum absolute atomic E-state index is 0.0943. The number of aromatic nitrogens is 1. The summed E-state index contributed by atoms with van der Waals surface area (Å²) in [5.74, 6) is -0.803. The topological polar surface area (TPSA) is 53.4 Å². The molecule has 0 radical (unpaired) electrons. The van der Waals surface area contributed by atoms with Crippen LogP contribution in [0.4, 0.5) is 5.69 Å². The van der Waals surface area contributed by atoms with Gasteiger partial charge in [-0.05, 0) is 12.1 Å². The average molecular weight is 256 g/mol. The van der Waals surface area contributed by atoms with Gasteiger partial charge in [-0.25, -0.2) is 0 Å². The van der Waals surface area contributed by atoms with Crippen LogP contribution in [-0.4, -0.2) is 29.1 Å². The highest BCUT2D eigenvalue weighted by atomic mass is 16.4. The Kier molecular flexibility index (Phi) is 4.13. The summed E-state index contributed by atoms with van der Waals surface area (Å²) in [7, 11) is 0. The van der Waals surface area contributed by atoms with Crippen molar-refractivity contribution >= 4 is 22.6 Å². The van der Waals surface area contributed by atoms with Gasteiger partial charge < -0.3 is 10.0 Å². The molecule has 2 aromatic rings. The number of anilines is 1. The third-order valence-electron chi connectivity index (χ3n) is 2.90. The van der Waals surface area contributed by atoms with Crippen molar-refractivity contribution in [3.8, 4) is 0 Å². The Morgan fingerprint density at radius 2 is 2.16 bits per heavy atom. The molecule has 4 heteroatoms. The maximum Gasteiger partial charge on any atom is 0.305 e. The largest absolute Gasteiger partial charge is 0.481 e. The molecule has 2 rings (SSSR count). The molecule has 0 bridgehead atoms. The summed E-state index contributed by atoms with van der Waals surface area (Å²) >= 11 is 0. The number of hydrogen-bond donors (Lipinski definition) is 1. The number of fused-ring (bicyclic) bond motifs is 1. The van der Waals surface area contributed by atoms with Crippen molar-refractivity contribution < 1.29 is 9.90 Å². The van der Waals surface area contributed by atoms with E-state index in [2.05, 4.69) is 11.6 Å². The first-order chi connectivity index (χ1) is 9.22. The van der Waals surface area contributed by atoms with Gasteiger partial charge in [-0.2, -0.15) is 0 Å². The fraction of sp³-hybridized carbons (Fsp3) is 0.200. The number of para-hydroxylation sites is 1. The molecule has 1 heterocycles. The molecular weight excluding hydrogens is 240 g/mol. The number of carboxylic acid groups (broad SMARTS) is 1. The van der Waals surface area contributed by atoms with E-state index in [4.69, 9.17) is 5.11 Å². The summed E-state index contributed by atoms with van der Waals surface area (Å²) < 4.78 is 0. The van der Waals surface area contributed by atoms with Crippen molar-refractivity contribution in [2.75, 3.05) is 18.0 Å². The third-order valence-corrected chi connectivity index (χ3v) is 2.90. The van der Waals surface area contributed by atoms with Gasteiger partial charge in [0.2, 0.25) is 0 Å². The van der Waals surface area contributed by atoms with Crippen LogP contribution >= 0.6 is 0 Å². The predicted octanol–water partition coefficient (Wildman–Crippen LogP) is 2.70. The Morgan fingerprint density at radius 3 is 2.89 bits per heavy atom. The first kappa shape index (κ1) is 13.1. The van der Waals surface area contributed by atoms with Gasteiger partial charge >= 0.3 is 5.97 Å². The Bertz CT molecular complexity index is 590. The molecular formula is C15H16N2O2. The highest BCUT2D eigenvalue weighted by Gasteiger charge is 2.11. The zero-order chi connectivity index (χ0) is 13.7. The van der Waals surface area contributed by atoms with Gasteiger partial charge in [0.05, 0.1) is 17.6 Å². The second kappa shape index (κ2) is 6.00. The van der Waals surface area contributed by atoms with E-state index < -0.39 is 5.97 Å². The van der Waals surface area contributed by atoms with E-state index in [1.54, 1.807) is 12.3 Å². The summed E-state index contributed by atoms with van der Waals surface area (Å²) in [4.78, 5) is 17.1. The monoisotopic (exact) mass is 256 g/mol. The molecule has 4 nitrogen and oxygen atoms in total. The lowest BCUT2D eigenvalue weighted by molar-refractivity contribution is -0.136. The van der Waals surface area contributed by atoms with Crippen LogP contribution in [0.25, 0.3) is 10.9 Å². The van der Waals surface area contributed by atoms with Gasteiger partial charge in [0.25, 0.3) is 0 Å². The number of hydrogen-bond acceptors (Lipinski definition) is 3. The first-order valence-electron chi connectivity index (χ1n) is 6.14. The Hall–Kier alpha value is -2.36. The van der Waals surface area contributed by atoms with Crippen molar-refractivity contribution in [3.05, 3.63) is 49.2 Å². The zero-order valence-corrected chi connectivity index (χ0v) is 10.6. The van der Waals surface area contributed by atoms with E-state index in [1.165, 1.54) is 0 Å². The number of pyridine rings is 1. The fourth-order valence-electron chi connectivity index (χ4n) is 2.04. The summed E-state index contributed by atoms with van der Waals surface area (Å²) in [6, 6.07) is 9.79. The number of rotatable bonds is 6. The molecule has 0 saturated heterocycles. The Balaban J connectivity index is 2.37. The van der Waals surface area contributed by atoms with Gasteiger partial charge in [0.15, 0.2) is 0 Å². The van der Waals surface area contributed by atoms with Gasteiger partial charge in [-0.1, -0.05) is 24.3 Å². The van der Waals surface area contributed by atoms with Crippen LogP contribution < -0.4 is 4.90 Å². The molecule has 1 N–H and O–H groups in total. The SMILES string of the molecule is C=CCN(CCC(=O)O)c1cccc2cccnc12. The highest BCUT2D eigenvalue weighted by Crippen LogP contribution is 2.24. The van der Waals surface area contributed by atoms with E-state index >= 15 is 0 Å². The van der Waals surface area contributed by atoms with Crippen molar-refractivity contribution in [2.24, 2.45) is 0 Å². The summed E-state index contributed by atoms with van der Waals surface area (Å²) in [6.07, 6.45) is 3.61.